The molecule has 1 fully saturated rings. The SMILES string of the molecule is CCCNC1CCOCC1Sc1ccc(Br)cc1. The van der Waals surface area contributed by atoms with E-state index in [2.05, 4.69) is 52.4 Å². The highest BCUT2D eigenvalue weighted by molar-refractivity contribution is 9.10. The first-order valence-electron chi connectivity index (χ1n) is 6.53. The number of nitrogens with one attached hydrogen (secondary N) is 1. The Hall–Kier alpha value is -0.0300. The summed E-state index contributed by atoms with van der Waals surface area (Å²) in [5.41, 5.74) is 0. The molecular weight excluding hydrogens is 310 g/mol. The smallest absolute Gasteiger partial charge is 0.0603 e. The minimum Gasteiger partial charge on any atom is -0.380 e. The van der Waals surface area contributed by atoms with Crippen LogP contribution < -0.4 is 5.32 Å². The predicted octanol–water partition coefficient (Wildman–Crippen LogP) is 3.70. The topological polar surface area (TPSA) is 21.3 Å². The highest BCUT2D eigenvalue weighted by Crippen LogP contribution is 2.29. The molecule has 100 valence electrons. The van der Waals surface area contributed by atoms with Crippen LogP contribution in [-0.4, -0.2) is 31.1 Å². The number of hydrogen-bond acceptors (Lipinski definition) is 3. The van der Waals surface area contributed by atoms with Gasteiger partial charge >= 0.3 is 0 Å². The largest absolute Gasteiger partial charge is 0.380 e. The van der Waals surface area contributed by atoms with Crippen LogP contribution in [0.25, 0.3) is 0 Å². The van der Waals surface area contributed by atoms with Crippen LogP contribution in [0.5, 0.6) is 0 Å². The molecule has 2 unspecified atom stereocenters. The zero-order valence-electron chi connectivity index (χ0n) is 10.7. The van der Waals surface area contributed by atoms with Gasteiger partial charge in [0, 0.05) is 27.3 Å². The molecule has 0 spiro atoms. The second-order valence-corrected chi connectivity index (χ2v) is 6.76. The quantitative estimate of drug-likeness (QED) is 0.889. The maximum Gasteiger partial charge on any atom is 0.0603 e. The molecule has 2 rings (SSSR count). The van der Waals surface area contributed by atoms with Crippen molar-refractivity contribution in [2.24, 2.45) is 0 Å². The zero-order valence-corrected chi connectivity index (χ0v) is 13.1. The molecule has 1 N–H and O–H groups in total. The van der Waals surface area contributed by atoms with Gasteiger partial charge in [0.15, 0.2) is 0 Å². The lowest BCUT2D eigenvalue weighted by molar-refractivity contribution is 0.0833. The van der Waals surface area contributed by atoms with Crippen molar-refractivity contribution in [2.45, 2.75) is 36.0 Å². The average Bonchev–Trinajstić information content (AvgIpc) is 2.40. The Balaban J connectivity index is 1.94. The molecule has 1 aliphatic heterocycles. The van der Waals surface area contributed by atoms with E-state index in [1.165, 1.54) is 11.3 Å². The Morgan fingerprint density at radius 2 is 2.17 bits per heavy atom. The van der Waals surface area contributed by atoms with E-state index in [1.54, 1.807) is 0 Å². The van der Waals surface area contributed by atoms with Crippen LogP contribution in [0.1, 0.15) is 19.8 Å². The van der Waals surface area contributed by atoms with Crippen LogP contribution in [0.15, 0.2) is 33.6 Å². The normalized spacial score (nSPS) is 24.1. The third kappa shape index (κ3) is 4.26. The summed E-state index contributed by atoms with van der Waals surface area (Å²) in [7, 11) is 0. The Bertz CT molecular complexity index is 357. The molecule has 0 aliphatic carbocycles. The van der Waals surface area contributed by atoms with Crippen molar-refractivity contribution >= 4 is 27.7 Å². The summed E-state index contributed by atoms with van der Waals surface area (Å²) in [4.78, 5) is 1.32. The van der Waals surface area contributed by atoms with Crippen LogP contribution in [0.2, 0.25) is 0 Å². The number of ether oxygens (including phenoxy) is 1. The van der Waals surface area contributed by atoms with Crippen molar-refractivity contribution in [1.29, 1.82) is 0 Å². The summed E-state index contributed by atoms with van der Waals surface area (Å²) < 4.78 is 6.75. The monoisotopic (exact) mass is 329 g/mol. The van der Waals surface area contributed by atoms with Crippen molar-refractivity contribution < 1.29 is 4.74 Å². The number of rotatable bonds is 5. The molecule has 4 heteroatoms. The van der Waals surface area contributed by atoms with Crippen LogP contribution >= 0.6 is 27.7 Å². The van der Waals surface area contributed by atoms with Gasteiger partial charge < -0.3 is 10.1 Å². The van der Waals surface area contributed by atoms with Crippen LogP contribution in [-0.2, 0) is 4.74 Å². The molecular formula is C14H20BrNOS. The van der Waals surface area contributed by atoms with Gasteiger partial charge in [0.2, 0.25) is 0 Å². The van der Waals surface area contributed by atoms with Crippen LogP contribution in [0, 0.1) is 0 Å². The summed E-state index contributed by atoms with van der Waals surface area (Å²) in [6.45, 7) is 5.05. The Kier molecular flexibility index (Phi) is 6.02. The summed E-state index contributed by atoms with van der Waals surface area (Å²) in [6, 6.07) is 9.11. The highest BCUT2D eigenvalue weighted by Gasteiger charge is 2.25. The Morgan fingerprint density at radius 1 is 1.39 bits per heavy atom. The molecule has 0 amide bonds. The molecule has 0 aromatic heterocycles. The molecule has 1 aromatic rings. The van der Waals surface area contributed by atoms with Gasteiger partial charge in [-0.2, -0.15) is 0 Å². The molecule has 1 heterocycles. The predicted molar refractivity (Wildman–Crippen MR) is 81.3 cm³/mol. The second kappa shape index (κ2) is 7.53. The standard InChI is InChI=1S/C14H20BrNOS/c1-2-8-16-13-7-9-17-10-14(13)18-12-5-3-11(15)4-6-12/h3-6,13-14,16H,2,7-10H2,1H3. The van der Waals surface area contributed by atoms with Gasteiger partial charge in [0.25, 0.3) is 0 Å². The highest BCUT2D eigenvalue weighted by atomic mass is 79.9. The van der Waals surface area contributed by atoms with Crippen LogP contribution in [0.3, 0.4) is 0 Å². The van der Waals surface area contributed by atoms with E-state index in [0.29, 0.717) is 11.3 Å². The van der Waals surface area contributed by atoms with Crippen molar-refractivity contribution in [3.05, 3.63) is 28.7 Å². The maximum atomic E-state index is 5.62. The molecule has 0 radical (unpaired) electrons. The fraction of sp³-hybridized carbons (Fsp3) is 0.571. The number of hydrogen-bond donors (Lipinski definition) is 1. The molecule has 2 nitrogen and oxygen atoms in total. The zero-order chi connectivity index (χ0) is 12.8. The van der Waals surface area contributed by atoms with E-state index in [4.69, 9.17) is 4.74 Å². The van der Waals surface area contributed by atoms with Crippen LogP contribution in [0.4, 0.5) is 0 Å². The van der Waals surface area contributed by atoms with Gasteiger partial charge in [-0.05, 0) is 43.7 Å². The second-order valence-electron chi connectivity index (χ2n) is 4.53. The molecule has 18 heavy (non-hydrogen) atoms. The fourth-order valence-corrected chi connectivity index (χ4v) is 3.55. The summed E-state index contributed by atoms with van der Waals surface area (Å²) >= 11 is 5.39. The lowest BCUT2D eigenvalue weighted by Crippen LogP contribution is -2.45. The van der Waals surface area contributed by atoms with Crippen molar-refractivity contribution in [3.8, 4) is 0 Å². The molecule has 1 aromatic carbocycles. The lowest BCUT2D eigenvalue weighted by atomic mass is 10.1. The third-order valence-electron chi connectivity index (χ3n) is 3.06. The third-order valence-corrected chi connectivity index (χ3v) is 4.90. The maximum absolute atomic E-state index is 5.62. The first kappa shape index (κ1) is 14.4. The molecule has 2 atom stereocenters. The number of halogens is 1. The first-order chi connectivity index (χ1) is 8.79. The summed E-state index contributed by atoms with van der Waals surface area (Å²) in [5.74, 6) is 0. The minimum absolute atomic E-state index is 0.520. The van der Waals surface area contributed by atoms with E-state index in [1.807, 2.05) is 11.8 Å². The van der Waals surface area contributed by atoms with E-state index in [-0.39, 0.29) is 0 Å². The first-order valence-corrected chi connectivity index (χ1v) is 8.20. The van der Waals surface area contributed by atoms with Crippen molar-refractivity contribution in [3.63, 3.8) is 0 Å². The van der Waals surface area contributed by atoms with Gasteiger partial charge in [0.05, 0.1) is 6.61 Å². The van der Waals surface area contributed by atoms with Crippen molar-refractivity contribution in [1.82, 2.24) is 5.32 Å². The number of benzene rings is 1. The van der Waals surface area contributed by atoms with E-state index in [9.17, 15) is 0 Å². The Labute approximate surface area is 122 Å². The molecule has 0 bridgehead atoms. The molecule has 1 saturated heterocycles. The average molecular weight is 330 g/mol. The number of thioether (sulfide) groups is 1. The van der Waals surface area contributed by atoms with Gasteiger partial charge in [-0.15, -0.1) is 11.8 Å². The van der Waals surface area contributed by atoms with E-state index in [0.717, 1.165) is 30.7 Å². The molecule has 1 aliphatic rings. The van der Waals surface area contributed by atoms with Gasteiger partial charge in [0.1, 0.15) is 0 Å². The fourth-order valence-electron chi connectivity index (χ4n) is 2.08. The molecule has 0 saturated carbocycles. The van der Waals surface area contributed by atoms with E-state index >= 15 is 0 Å². The van der Waals surface area contributed by atoms with E-state index < -0.39 is 0 Å². The summed E-state index contributed by atoms with van der Waals surface area (Å²) in [6.07, 6.45) is 2.31. The van der Waals surface area contributed by atoms with Gasteiger partial charge in [-0.1, -0.05) is 22.9 Å². The minimum atomic E-state index is 0.520. The Morgan fingerprint density at radius 3 is 2.89 bits per heavy atom. The van der Waals surface area contributed by atoms with Gasteiger partial charge in [-0.3, -0.25) is 0 Å². The van der Waals surface area contributed by atoms with Crippen molar-refractivity contribution in [2.75, 3.05) is 19.8 Å². The lowest BCUT2D eigenvalue weighted by Gasteiger charge is -2.31. The summed E-state index contributed by atoms with van der Waals surface area (Å²) in [5, 5.41) is 4.16. The van der Waals surface area contributed by atoms with Gasteiger partial charge in [-0.25, -0.2) is 0 Å².